The molecule has 12 heteroatoms. The van der Waals surface area contributed by atoms with Gasteiger partial charge in [0.15, 0.2) is 5.82 Å². The van der Waals surface area contributed by atoms with Gasteiger partial charge in [-0.25, -0.2) is 15.0 Å². The number of aromatic nitrogens is 5. The van der Waals surface area contributed by atoms with Gasteiger partial charge in [-0.05, 0) is 52.9 Å². The predicted molar refractivity (Wildman–Crippen MR) is 152 cm³/mol. The number of hydrogen-bond donors (Lipinski definition) is 2. The second-order valence-corrected chi connectivity index (χ2v) is 10.4. The summed E-state index contributed by atoms with van der Waals surface area (Å²) in [6, 6.07) is 5.22. The van der Waals surface area contributed by atoms with Crippen molar-refractivity contribution in [3.63, 3.8) is 0 Å². The van der Waals surface area contributed by atoms with Crippen molar-refractivity contribution in [2.75, 3.05) is 25.1 Å². The van der Waals surface area contributed by atoms with E-state index in [1.54, 1.807) is 36.9 Å². The maximum absolute atomic E-state index is 13.0. The van der Waals surface area contributed by atoms with Crippen LogP contribution in [0.5, 0.6) is 5.75 Å². The lowest BCUT2D eigenvalue weighted by molar-refractivity contribution is 0.108. The van der Waals surface area contributed by atoms with Gasteiger partial charge in [-0.3, -0.25) is 9.36 Å². The van der Waals surface area contributed by atoms with Crippen molar-refractivity contribution in [2.24, 2.45) is 7.05 Å². The highest BCUT2D eigenvalue weighted by Gasteiger charge is 2.30. The van der Waals surface area contributed by atoms with Gasteiger partial charge in [-0.15, -0.1) is 0 Å². The van der Waals surface area contributed by atoms with Crippen LogP contribution >= 0.6 is 11.6 Å². The van der Waals surface area contributed by atoms with E-state index in [-0.39, 0.29) is 12.2 Å². The van der Waals surface area contributed by atoms with Crippen LogP contribution in [0.25, 0.3) is 22.6 Å². The van der Waals surface area contributed by atoms with Gasteiger partial charge in [0.1, 0.15) is 35.9 Å². The minimum Gasteiger partial charge on any atom is -0.491 e. The average Bonchev–Trinajstić information content (AvgIpc) is 3.50. The summed E-state index contributed by atoms with van der Waals surface area (Å²) >= 11 is 6.67. The highest BCUT2D eigenvalue weighted by Crippen LogP contribution is 2.38. The van der Waals surface area contributed by atoms with Crippen LogP contribution in [0.2, 0.25) is 5.02 Å². The Bertz CT molecular complexity index is 1630. The minimum atomic E-state index is -0.667. The summed E-state index contributed by atoms with van der Waals surface area (Å²) in [6.07, 6.45) is -0.667. The van der Waals surface area contributed by atoms with Crippen LogP contribution in [0.3, 0.4) is 0 Å². The van der Waals surface area contributed by atoms with Crippen molar-refractivity contribution >= 4 is 17.4 Å². The third kappa shape index (κ3) is 5.07. The molecular formula is C28H32ClN7O4. The van der Waals surface area contributed by atoms with E-state index < -0.39 is 6.10 Å². The number of nitrogens with one attached hydrogen (secondary N) is 1. The van der Waals surface area contributed by atoms with Crippen molar-refractivity contribution in [3.05, 3.63) is 67.7 Å². The molecule has 0 unspecified atom stereocenters. The Morgan fingerprint density at radius 1 is 1.18 bits per heavy atom. The van der Waals surface area contributed by atoms with Gasteiger partial charge in [0, 0.05) is 24.7 Å². The molecule has 1 aliphatic rings. The van der Waals surface area contributed by atoms with Crippen molar-refractivity contribution in [3.8, 4) is 28.4 Å². The molecule has 3 aromatic heterocycles. The predicted octanol–water partition coefficient (Wildman–Crippen LogP) is 3.26. The fourth-order valence-corrected chi connectivity index (χ4v) is 5.13. The molecule has 1 aromatic carbocycles. The van der Waals surface area contributed by atoms with E-state index in [9.17, 15) is 9.90 Å². The number of aliphatic hydroxyl groups excluding tert-OH is 1. The molecule has 0 saturated heterocycles. The number of aliphatic hydroxyl groups is 1. The molecule has 0 fully saturated rings. The molecule has 0 bridgehead atoms. The molecule has 2 N–H and O–H groups in total. The molecule has 0 amide bonds. The van der Waals surface area contributed by atoms with E-state index >= 15 is 0 Å². The molecule has 0 spiro atoms. The largest absolute Gasteiger partial charge is 0.491 e. The zero-order chi connectivity index (χ0) is 28.7. The van der Waals surface area contributed by atoms with Crippen LogP contribution in [0.1, 0.15) is 34.1 Å². The second-order valence-electron chi connectivity index (χ2n) is 10.0. The Kier molecular flexibility index (Phi) is 7.63. The van der Waals surface area contributed by atoms with E-state index in [0.29, 0.717) is 76.1 Å². The number of ether oxygens (including phenoxy) is 1. The first kappa shape index (κ1) is 27.8. The molecule has 4 aromatic rings. The monoisotopic (exact) mass is 565 g/mol. The standard InChI is InChI=1S/C28H32ClN7O4/c1-14-25(24-15(2)34-40-16(24)3)32-26(20-9-19(7-8-22(20)29)39-13-18(37)10-30-5)33-27(14)36-11-21-23(12-36)31-17(4)35(6)28(21)38/h7-9,18,30,37H,10-13H2,1-6H3/t18-/m1/s1. The quantitative estimate of drug-likeness (QED) is 0.328. The Labute approximate surface area is 236 Å². The van der Waals surface area contributed by atoms with Crippen LogP contribution in [0, 0.1) is 27.7 Å². The first-order valence-electron chi connectivity index (χ1n) is 13.0. The summed E-state index contributed by atoms with van der Waals surface area (Å²) < 4.78 is 12.9. The molecule has 5 rings (SSSR count). The van der Waals surface area contributed by atoms with Gasteiger partial charge in [0.25, 0.3) is 5.56 Å². The van der Waals surface area contributed by atoms with Crippen LogP contribution < -0.4 is 20.5 Å². The Morgan fingerprint density at radius 3 is 2.65 bits per heavy atom. The van der Waals surface area contributed by atoms with Crippen LogP contribution in [0.4, 0.5) is 5.82 Å². The first-order chi connectivity index (χ1) is 19.1. The number of anilines is 1. The fourth-order valence-electron chi connectivity index (χ4n) is 4.93. The lowest BCUT2D eigenvalue weighted by atomic mass is 10.0. The third-order valence-electron chi connectivity index (χ3n) is 7.13. The second kappa shape index (κ2) is 11.0. The van der Waals surface area contributed by atoms with E-state index in [1.807, 2.05) is 32.6 Å². The van der Waals surface area contributed by atoms with Gasteiger partial charge in [-0.1, -0.05) is 16.8 Å². The summed E-state index contributed by atoms with van der Waals surface area (Å²) in [5.74, 6) is 2.86. The number of halogens is 1. The molecule has 0 aliphatic carbocycles. The van der Waals surface area contributed by atoms with E-state index in [1.165, 1.54) is 0 Å². The Hall–Kier alpha value is -3.80. The summed E-state index contributed by atoms with van der Waals surface area (Å²) in [4.78, 5) is 29.6. The minimum absolute atomic E-state index is 0.0590. The number of benzene rings is 1. The molecule has 210 valence electrons. The van der Waals surface area contributed by atoms with Crippen LogP contribution in [-0.2, 0) is 20.1 Å². The SMILES string of the molecule is CNC[C@@H](O)COc1ccc(Cl)c(-c2nc(-c3c(C)noc3C)c(C)c(N3Cc4nc(C)n(C)c(=O)c4C3)n2)c1. The topological polar surface area (TPSA) is 131 Å². The molecule has 1 aliphatic heterocycles. The number of likely N-dealkylation sites (N-methyl/N-ethyl adjacent to an activating group) is 1. The van der Waals surface area contributed by atoms with Crippen LogP contribution in [-0.4, -0.2) is 56.1 Å². The van der Waals surface area contributed by atoms with E-state index in [4.69, 9.17) is 30.8 Å². The molecular weight excluding hydrogens is 534 g/mol. The smallest absolute Gasteiger partial charge is 0.258 e. The maximum Gasteiger partial charge on any atom is 0.258 e. The average molecular weight is 566 g/mol. The zero-order valence-corrected chi connectivity index (χ0v) is 24.1. The summed E-state index contributed by atoms with van der Waals surface area (Å²) in [5, 5.41) is 17.6. The summed E-state index contributed by atoms with van der Waals surface area (Å²) in [7, 11) is 3.49. The highest BCUT2D eigenvalue weighted by atomic mass is 35.5. The molecule has 1 atom stereocenters. The maximum atomic E-state index is 13.0. The van der Waals surface area contributed by atoms with Crippen molar-refractivity contribution in [1.82, 2.24) is 30.0 Å². The number of fused-ring (bicyclic) bond motifs is 1. The lowest BCUT2D eigenvalue weighted by Gasteiger charge is -2.21. The lowest BCUT2D eigenvalue weighted by Crippen LogP contribution is -2.29. The first-order valence-corrected chi connectivity index (χ1v) is 13.3. The normalized spacial score (nSPS) is 13.6. The molecule has 0 saturated carbocycles. The van der Waals surface area contributed by atoms with Gasteiger partial charge >= 0.3 is 0 Å². The van der Waals surface area contributed by atoms with Gasteiger partial charge in [-0.2, -0.15) is 0 Å². The molecule has 4 heterocycles. The van der Waals surface area contributed by atoms with Crippen LogP contribution in [0.15, 0.2) is 27.5 Å². The number of aryl methyl sites for hydroxylation is 3. The van der Waals surface area contributed by atoms with Gasteiger partial charge in [0.05, 0.1) is 46.3 Å². The zero-order valence-electron chi connectivity index (χ0n) is 23.4. The van der Waals surface area contributed by atoms with E-state index in [2.05, 4.69) is 15.5 Å². The molecule has 11 nitrogen and oxygen atoms in total. The fraction of sp³-hybridized carbons (Fsp3) is 0.393. The van der Waals surface area contributed by atoms with Gasteiger partial charge < -0.3 is 24.6 Å². The Balaban J connectivity index is 1.62. The van der Waals surface area contributed by atoms with Crippen molar-refractivity contribution in [2.45, 2.75) is 46.9 Å². The molecule has 0 radical (unpaired) electrons. The number of nitrogens with zero attached hydrogens (tertiary/aromatic N) is 6. The summed E-state index contributed by atoms with van der Waals surface area (Å²) in [5.41, 5.74) is 4.87. The van der Waals surface area contributed by atoms with Crippen molar-refractivity contribution < 1.29 is 14.4 Å². The van der Waals surface area contributed by atoms with Gasteiger partial charge in [0.2, 0.25) is 0 Å². The number of rotatable bonds is 8. The summed E-state index contributed by atoms with van der Waals surface area (Å²) in [6.45, 7) is 8.80. The van der Waals surface area contributed by atoms with Crippen molar-refractivity contribution in [1.29, 1.82) is 0 Å². The highest BCUT2D eigenvalue weighted by molar-refractivity contribution is 6.33. The number of hydrogen-bond acceptors (Lipinski definition) is 10. The third-order valence-corrected chi connectivity index (χ3v) is 7.46. The molecule has 40 heavy (non-hydrogen) atoms. The Morgan fingerprint density at radius 2 is 1.95 bits per heavy atom. The van der Waals surface area contributed by atoms with E-state index in [0.717, 1.165) is 16.8 Å².